The molecule has 2 aromatic heterocycles. The van der Waals surface area contributed by atoms with Crippen molar-refractivity contribution in [1.82, 2.24) is 20.3 Å². The normalized spacial score (nSPS) is 16.6. The molecule has 1 saturated heterocycles. The van der Waals surface area contributed by atoms with Crippen LogP contribution in [0, 0.1) is 0 Å². The van der Waals surface area contributed by atoms with Crippen LogP contribution in [-0.2, 0) is 6.54 Å². The Morgan fingerprint density at radius 1 is 1.25 bits per heavy atom. The van der Waals surface area contributed by atoms with E-state index in [0.29, 0.717) is 6.04 Å². The molecule has 0 spiro atoms. The van der Waals surface area contributed by atoms with Gasteiger partial charge in [0.2, 0.25) is 5.95 Å². The Hall–Kier alpha value is -1.24. The van der Waals surface area contributed by atoms with Gasteiger partial charge in [0.15, 0.2) is 0 Å². The Bertz CT molecular complexity index is 539. The number of thiazole rings is 1. The Morgan fingerprint density at radius 3 is 2.65 bits per heavy atom. The summed E-state index contributed by atoms with van der Waals surface area (Å²) in [7, 11) is 0. The SMILES string of the molecule is Clc1cnc(CNC2CCN(c3ncccn3)CC2)s1. The van der Waals surface area contributed by atoms with E-state index >= 15 is 0 Å². The van der Waals surface area contributed by atoms with Crippen LogP contribution in [0.1, 0.15) is 17.8 Å². The lowest BCUT2D eigenvalue weighted by Gasteiger charge is -2.32. The molecule has 3 rings (SSSR count). The first-order valence-corrected chi connectivity index (χ1v) is 7.86. The van der Waals surface area contributed by atoms with Gasteiger partial charge in [-0.2, -0.15) is 0 Å². The van der Waals surface area contributed by atoms with Gasteiger partial charge in [-0.25, -0.2) is 15.0 Å². The Balaban J connectivity index is 1.47. The fraction of sp³-hybridized carbons (Fsp3) is 0.462. The molecule has 3 heterocycles. The quantitative estimate of drug-likeness (QED) is 0.939. The summed E-state index contributed by atoms with van der Waals surface area (Å²) in [6.07, 6.45) is 7.48. The number of halogens is 1. The largest absolute Gasteiger partial charge is 0.341 e. The molecule has 20 heavy (non-hydrogen) atoms. The Kier molecular flexibility index (Phi) is 4.44. The third kappa shape index (κ3) is 3.45. The summed E-state index contributed by atoms with van der Waals surface area (Å²) in [6.45, 7) is 2.77. The molecule has 5 nitrogen and oxygen atoms in total. The molecular formula is C13H16ClN5S. The molecule has 0 aliphatic carbocycles. The van der Waals surface area contributed by atoms with Crippen LogP contribution >= 0.6 is 22.9 Å². The lowest BCUT2D eigenvalue weighted by atomic mass is 10.1. The number of nitrogens with one attached hydrogen (secondary N) is 1. The lowest BCUT2D eigenvalue weighted by Crippen LogP contribution is -2.42. The third-order valence-electron chi connectivity index (χ3n) is 3.40. The zero-order chi connectivity index (χ0) is 13.8. The highest BCUT2D eigenvalue weighted by Crippen LogP contribution is 2.19. The van der Waals surface area contributed by atoms with Crippen LogP contribution in [0.4, 0.5) is 5.95 Å². The summed E-state index contributed by atoms with van der Waals surface area (Å²) in [6, 6.07) is 2.37. The molecule has 0 amide bonds. The number of anilines is 1. The predicted molar refractivity (Wildman–Crippen MR) is 81.2 cm³/mol. The van der Waals surface area contributed by atoms with Crippen LogP contribution in [0.5, 0.6) is 0 Å². The van der Waals surface area contributed by atoms with Crippen molar-refractivity contribution < 1.29 is 0 Å². The average molecular weight is 310 g/mol. The van der Waals surface area contributed by atoms with Crippen molar-refractivity contribution in [2.75, 3.05) is 18.0 Å². The molecule has 0 bridgehead atoms. The van der Waals surface area contributed by atoms with Crippen molar-refractivity contribution >= 4 is 28.9 Å². The zero-order valence-corrected chi connectivity index (χ0v) is 12.6. The van der Waals surface area contributed by atoms with Crippen LogP contribution in [-0.4, -0.2) is 34.1 Å². The summed E-state index contributed by atoms with van der Waals surface area (Å²) < 4.78 is 0.748. The van der Waals surface area contributed by atoms with Gasteiger partial charge in [-0.05, 0) is 18.9 Å². The molecule has 1 aliphatic heterocycles. The Labute approximate surface area is 127 Å². The fourth-order valence-electron chi connectivity index (χ4n) is 2.34. The van der Waals surface area contributed by atoms with Gasteiger partial charge in [-0.15, -0.1) is 11.3 Å². The van der Waals surface area contributed by atoms with Crippen LogP contribution in [0.3, 0.4) is 0 Å². The van der Waals surface area contributed by atoms with E-state index < -0.39 is 0 Å². The van der Waals surface area contributed by atoms with E-state index in [2.05, 4.69) is 25.2 Å². The minimum Gasteiger partial charge on any atom is -0.341 e. The predicted octanol–water partition coefficient (Wildman–Crippen LogP) is 2.35. The van der Waals surface area contributed by atoms with Crippen LogP contribution in [0.25, 0.3) is 0 Å². The lowest BCUT2D eigenvalue weighted by molar-refractivity contribution is 0.411. The van der Waals surface area contributed by atoms with Gasteiger partial charge in [0.05, 0.1) is 6.20 Å². The molecule has 0 atom stereocenters. The molecule has 0 saturated carbocycles. The van der Waals surface area contributed by atoms with Crippen molar-refractivity contribution in [1.29, 1.82) is 0 Å². The van der Waals surface area contributed by atoms with Crippen molar-refractivity contribution in [2.45, 2.75) is 25.4 Å². The van der Waals surface area contributed by atoms with Crippen LogP contribution in [0.15, 0.2) is 24.7 Å². The molecule has 106 valence electrons. The maximum absolute atomic E-state index is 5.88. The number of piperidine rings is 1. The number of hydrogen-bond donors (Lipinski definition) is 1. The number of nitrogens with zero attached hydrogens (tertiary/aromatic N) is 4. The molecule has 0 radical (unpaired) electrons. The maximum atomic E-state index is 5.88. The maximum Gasteiger partial charge on any atom is 0.225 e. The molecule has 1 aliphatic rings. The summed E-state index contributed by atoms with van der Waals surface area (Å²) >= 11 is 7.41. The van der Waals surface area contributed by atoms with Crippen molar-refractivity contribution in [3.63, 3.8) is 0 Å². The molecular weight excluding hydrogens is 294 g/mol. The monoisotopic (exact) mass is 309 g/mol. The highest BCUT2D eigenvalue weighted by molar-refractivity contribution is 7.15. The molecule has 1 N–H and O–H groups in total. The number of aromatic nitrogens is 3. The summed E-state index contributed by atoms with van der Waals surface area (Å²) in [5, 5.41) is 4.59. The first-order chi connectivity index (χ1) is 9.81. The highest BCUT2D eigenvalue weighted by Gasteiger charge is 2.20. The van der Waals surface area contributed by atoms with Gasteiger partial charge in [-0.1, -0.05) is 11.6 Å². The van der Waals surface area contributed by atoms with Crippen LogP contribution < -0.4 is 10.2 Å². The standard InChI is InChI=1S/C13H16ClN5S/c14-11-8-18-12(20-11)9-17-10-2-6-19(7-3-10)13-15-4-1-5-16-13/h1,4-5,8,10,17H,2-3,6-7,9H2. The van der Waals surface area contributed by atoms with E-state index in [0.717, 1.165) is 47.8 Å². The second kappa shape index (κ2) is 6.47. The van der Waals surface area contributed by atoms with Gasteiger partial charge < -0.3 is 10.2 Å². The van der Waals surface area contributed by atoms with Crippen molar-refractivity contribution in [2.24, 2.45) is 0 Å². The Morgan fingerprint density at radius 2 is 2.00 bits per heavy atom. The second-order valence-corrected chi connectivity index (χ2v) is 6.50. The average Bonchev–Trinajstić information content (AvgIpc) is 2.92. The zero-order valence-electron chi connectivity index (χ0n) is 11.0. The summed E-state index contributed by atoms with van der Waals surface area (Å²) in [4.78, 5) is 15.1. The molecule has 1 fully saturated rings. The van der Waals surface area contributed by atoms with Crippen LogP contribution in [0.2, 0.25) is 4.34 Å². The molecule has 0 aromatic carbocycles. The minimum atomic E-state index is 0.526. The molecule has 2 aromatic rings. The third-order valence-corrected chi connectivity index (χ3v) is 4.51. The fourth-order valence-corrected chi connectivity index (χ4v) is 3.25. The summed E-state index contributed by atoms with van der Waals surface area (Å²) in [5.74, 6) is 0.831. The van der Waals surface area contributed by atoms with Gasteiger partial charge in [0.25, 0.3) is 0 Å². The van der Waals surface area contributed by atoms with E-state index in [1.165, 1.54) is 11.3 Å². The smallest absolute Gasteiger partial charge is 0.225 e. The number of hydrogen-bond acceptors (Lipinski definition) is 6. The second-order valence-electron chi connectivity index (χ2n) is 4.75. The van der Waals surface area contributed by atoms with Gasteiger partial charge in [0.1, 0.15) is 9.34 Å². The summed E-state index contributed by atoms with van der Waals surface area (Å²) in [5.41, 5.74) is 0. The van der Waals surface area contributed by atoms with E-state index in [1.807, 2.05) is 6.07 Å². The van der Waals surface area contributed by atoms with Crippen molar-refractivity contribution in [3.05, 3.63) is 34.0 Å². The number of rotatable bonds is 4. The van der Waals surface area contributed by atoms with E-state index in [9.17, 15) is 0 Å². The first-order valence-electron chi connectivity index (χ1n) is 6.67. The van der Waals surface area contributed by atoms with E-state index in [1.54, 1.807) is 18.6 Å². The van der Waals surface area contributed by atoms with Crippen molar-refractivity contribution in [3.8, 4) is 0 Å². The molecule has 0 unspecified atom stereocenters. The van der Waals surface area contributed by atoms with Gasteiger partial charge >= 0.3 is 0 Å². The molecule has 7 heteroatoms. The van der Waals surface area contributed by atoms with E-state index in [-0.39, 0.29) is 0 Å². The minimum absolute atomic E-state index is 0.526. The topological polar surface area (TPSA) is 53.9 Å². The van der Waals surface area contributed by atoms with Gasteiger partial charge in [-0.3, -0.25) is 0 Å². The van der Waals surface area contributed by atoms with E-state index in [4.69, 9.17) is 11.6 Å². The first kappa shape index (κ1) is 13.7. The highest BCUT2D eigenvalue weighted by atomic mass is 35.5. The van der Waals surface area contributed by atoms with Gasteiger partial charge in [0, 0.05) is 38.1 Å².